The first-order chi connectivity index (χ1) is 19.8. The molecule has 1 aromatic carbocycles. The highest BCUT2D eigenvalue weighted by atomic mass is 32.2. The number of anilines is 2. The van der Waals surface area contributed by atoms with E-state index in [1.165, 1.54) is 0 Å². The smallest absolute Gasteiger partial charge is 0.225 e. The molecular weight excluding hydrogens is 536 g/mol. The molecule has 4 aromatic heterocycles. The fourth-order valence-corrected chi connectivity index (χ4v) is 5.35. The maximum Gasteiger partial charge on any atom is 0.225 e. The minimum Gasteiger partial charge on any atom is -0.591 e. The molecule has 1 atom stereocenters. The van der Waals surface area contributed by atoms with Crippen LogP contribution in [0.4, 0.5) is 11.8 Å². The first-order valence-corrected chi connectivity index (χ1v) is 14.6. The SMILES string of the molecule is Cn1cc(-c2cc3c(N4CCN(c5ncc(/C(=N\[S+]([O-])C(C)(C)C)c6ccccc6)cn5)CC4)ncnn3c2)cn1. The molecule has 1 aliphatic heterocycles. The van der Waals surface area contributed by atoms with E-state index < -0.39 is 16.1 Å². The Bertz CT molecular complexity index is 1670. The van der Waals surface area contributed by atoms with Crippen LogP contribution in [-0.4, -0.2) is 75.5 Å². The van der Waals surface area contributed by atoms with Crippen LogP contribution in [0.5, 0.6) is 0 Å². The normalized spacial score (nSPS) is 15.5. The number of benzene rings is 1. The van der Waals surface area contributed by atoms with Crippen molar-refractivity contribution in [2.75, 3.05) is 36.0 Å². The number of aromatic nitrogens is 7. The minimum absolute atomic E-state index is 0.475. The van der Waals surface area contributed by atoms with E-state index in [0.29, 0.717) is 11.7 Å². The van der Waals surface area contributed by atoms with Crippen molar-refractivity contribution in [2.45, 2.75) is 25.5 Å². The third-order valence-corrected chi connectivity index (χ3v) is 8.34. The van der Waals surface area contributed by atoms with Crippen LogP contribution in [0.1, 0.15) is 31.9 Å². The van der Waals surface area contributed by atoms with Crippen molar-refractivity contribution in [1.29, 1.82) is 0 Å². The van der Waals surface area contributed by atoms with Crippen molar-refractivity contribution >= 4 is 34.4 Å². The van der Waals surface area contributed by atoms with Crippen molar-refractivity contribution in [2.24, 2.45) is 11.4 Å². The van der Waals surface area contributed by atoms with Crippen LogP contribution in [0.25, 0.3) is 16.6 Å². The third kappa shape index (κ3) is 5.66. The van der Waals surface area contributed by atoms with Gasteiger partial charge in [0, 0.05) is 80.3 Å². The van der Waals surface area contributed by atoms with Gasteiger partial charge in [-0.1, -0.05) is 34.7 Å². The Hall–Kier alpha value is -4.29. The summed E-state index contributed by atoms with van der Waals surface area (Å²) in [7, 11) is 1.91. The number of fused-ring (bicyclic) bond motifs is 1. The molecule has 41 heavy (non-hydrogen) atoms. The third-order valence-electron chi connectivity index (χ3n) is 6.94. The Labute approximate surface area is 241 Å². The van der Waals surface area contributed by atoms with Crippen molar-refractivity contribution in [3.8, 4) is 11.1 Å². The number of hydrogen-bond donors (Lipinski definition) is 0. The summed E-state index contributed by atoms with van der Waals surface area (Å²) in [6.45, 7) is 8.78. The maximum absolute atomic E-state index is 12.9. The number of nitrogens with zero attached hydrogens (tertiary/aromatic N) is 10. The molecule has 0 bridgehead atoms. The van der Waals surface area contributed by atoms with Crippen LogP contribution >= 0.6 is 0 Å². The van der Waals surface area contributed by atoms with Crippen LogP contribution in [0.2, 0.25) is 0 Å². The van der Waals surface area contributed by atoms with Gasteiger partial charge in [0.2, 0.25) is 5.95 Å². The summed E-state index contributed by atoms with van der Waals surface area (Å²) in [6, 6.07) is 11.9. The second-order valence-corrected chi connectivity index (χ2v) is 12.9. The van der Waals surface area contributed by atoms with Crippen molar-refractivity contribution in [3.63, 3.8) is 0 Å². The van der Waals surface area contributed by atoms with E-state index in [-0.39, 0.29) is 0 Å². The molecule has 0 spiro atoms. The van der Waals surface area contributed by atoms with E-state index in [9.17, 15) is 4.55 Å². The van der Waals surface area contributed by atoms with Gasteiger partial charge in [-0.3, -0.25) is 4.68 Å². The number of rotatable bonds is 6. The molecule has 5 aromatic rings. The van der Waals surface area contributed by atoms with E-state index in [2.05, 4.69) is 45.4 Å². The predicted octanol–water partition coefficient (Wildman–Crippen LogP) is 3.55. The molecular formula is C29H32N10OS. The highest BCUT2D eigenvalue weighted by Gasteiger charge is 2.28. The molecule has 6 rings (SSSR count). The monoisotopic (exact) mass is 568 g/mol. The zero-order valence-electron chi connectivity index (χ0n) is 23.5. The molecule has 0 amide bonds. The van der Waals surface area contributed by atoms with E-state index in [1.54, 1.807) is 23.4 Å². The molecule has 1 saturated heterocycles. The van der Waals surface area contributed by atoms with Gasteiger partial charge in [0.05, 0.1) is 6.20 Å². The number of piperazine rings is 1. The highest BCUT2D eigenvalue weighted by Crippen LogP contribution is 2.27. The van der Waals surface area contributed by atoms with Crippen molar-refractivity contribution in [1.82, 2.24) is 34.3 Å². The van der Waals surface area contributed by atoms with Gasteiger partial charge in [0.15, 0.2) is 5.82 Å². The van der Waals surface area contributed by atoms with Gasteiger partial charge < -0.3 is 14.4 Å². The second-order valence-electron chi connectivity index (χ2n) is 11.0. The van der Waals surface area contributed by atoms with E-state index in [4.69, 9.17) is 0 Å². The molecule has 210 valence electrons. The first-order valence-electron chi connectivity index (χ1n) is 13.5. The molecule has 1 fully saturated rings. The van der Waals surface area contributed by atoms with Crippen LogP contribution < -0.4 is 9.80 Å². The molecule has 0 aliphatic carbocycles. The highest BCUT2D eigenvalue weighted by molar-refractivity contribution is 7.91. The topological polar surface area (TPSA) is 116 Å². The summed E-state index contributed by atoms with van der Waals surface area (Å²) in [5.41, 5.74) is 5.29. The summed E-state index contributed by atoms with van der Waals surface area (Å²) in [4.78, 5) is 18.4. The average molecular weight is 569 g/mol. The van der Waals surface area contributed by atoms with Crippen molar-refractivity contribution < 1.29 is 4.55 Å². The zero-order chi connectivity index (χ0) is 28.6. The first kappa shape index (κ1) is 26.9. The number of aryl methyl sites for hydroxylation is 1. The quantitative estimate of drug-likeness (QED) is 0.226. The molecule has 0 saturated carbocycles. The standard InChI is InChI=1S/C29H32N10OS/c1-29(2,3)41(40)35-26(21-8-6-5-7-9-21)23-15-30-28(31-16-23)38-12-10-37(11-13-38)27-25-14-22(19-39(25)34-20-32-27)24-17-33-36(4)18-24/h5-9,14-20H,10-13H2,1-4H3/b35-26-. The lowest BCUT2D eigenvalue weighted by Crippen LogP contribution is -2.47. The lowest BCUT2D eigenvalue weighted by atomic mass is 10.1. The Morgan fingerprint density at radius 2 is 1.56 bits per heavy atom. The molecule has 12 heteroatoms. The van der Waals surface area contributed by atoms with Gasteiger partial charge in [0.25, 0.3) is 0 Å². The van der Waals surface area contributed by atoms with E-state index in [0.717, 1.165) is 59.8 Å². The van der Waals surface area contributed by atoms with Gasteiger partial charge in [-0.2, -0.15) is 10.2 Å². The Kier molecular flexibility index (Phi) is 7.18. The molecule has 5 heterocycles. The van der Waals surface area contributed by atoms with E-state index in [1.807, 2.05) is 81.3 Å². The van der Waals surface area contributed by atoms with Crippen LogP contribution in [0.3, 0.4) is 0 Å². The van der Waals surface area contributed by atoms with Gasteiger partial charge in [-0.15, -0.1) is 0 Å². The van der Waals surface area contributed by atoms with Gasteiger partial charge in [0.1, 0.15) is 33.7 Å². The Morgan fingerprint density at radius 1 is 0.854 bits per heavy atom. The maximum atomic E-state index is 12.9. The second kappa shape index (κ2) is 10.9. The average Bonchev–Trinajstić information content (AvgIpc) is 3.62. The van der Waals surface area contributed by atoms with Gasteiger partial charge in [-0.25, -0.2) is 19.5 Å². The molecule has 11 nitrogen and oxygen atoms in total. The lowest BCUT2D eigenvalue weighted by Gasteiger charge is -2.35. The number of hydrogen-bond acceptors (Lipinski definition) is 9. The van der Waals surface area contributed by atoms with E-state index >= 15 is 0 Å². The summed E-state index contributed by atoms with van der Waals surface area (Å²) in [6.07, 6.45) is 11.0. The fourth-order valence-electron chi connectivity index (χ4n) is 4.70. The predicted molar refractivity (Wildman–Crippen MR) is 162 cm³/mol. The van der Waals surface area contributed by atoms with Crippen LogP contribution in [0, 0.1) is 0 Å². The molecule has 1 unspecified atom stereocenters. The summed E-state index contributed by atoms with van der Waals surface area (Å²) >= 11 is -1.42. The summed E-state index contributed by atoms with van der Waals surface area (Å²) < 4.78 is 20.7. The largest absolute Gasteiger partial charge is 0.591 e. The minimum atomic E-state index is -1.42. The summed E-state index contributed by atoms with van der Waals surface area (Å²) in [5, 5.41) is 8.71. The Morgan fingerprint density at radius 3 is 2.22 bits per heavy atom. The van der Waals surface area contributed by atoms with Crippen LogP contribution in [-0.2, 0) is 18.4 Å². The lowest BCUT2D eigenvalue weighted by molar-refractivity contribution is 0.561. The zero-order valence-corrected chi connectivity index (χ0v) is 24.4. The van der Waals surface area contributed by atoms with Gasteiger partial charge >= 0.3 is 0 Å². The molecule has 0 radical (unpaired) electrons. The Balaban J connectivity index is 1.19. The van der Waals surface area contributed by atoms with Crippen molar-refractivity contribution in [3.05, 3.63) is 84.8 Å². The fraction of sp³-hybridized carbons (Fsp3) is 0.310. The van der Waals surface area contributed by atoms with Crippen LogP contribution in [0.15, 0.2) is 78.1 Å². The molecule has 1 aliphatic rings. The summed E-state index contributed by atoms with van der Waals surface area (Å²) in [5.74, 6) is 1.56. The van der Waals surface area contributed by atoms with Gasteiger partial charge in [-0.05, 0) is 26.8 Å². The molecule has 0 N–H and O–H groups in total.